The Labute approximate surface area is 160 Å². The predicted octanol–water partition coefficient (Wildman–Crippen LogP) is 1.79. The zero-order chi connectivity index (χ0) is 19.7. The number of carboxylic acid groups (broad SMARTS) is 1. The molecule has 8 nitrogen and oxygen atoms in total. The van der Waals surface area contributed by atoms with Gasteiger partial charge in [0.1, 0.15) is 11.5 Å². The summed E-state index contributed by atoms with van der Waals surface area (Å²) >= 11 is 0. The fourth-order valence-electron chi connectivity index (χ4n) is 3.54. The minimum atomic E-state index is -0.915. The summed E-state index contributed by atoms with van der Waals surface area (Å²) in [6, 6.07) is 3.60. The standard InChI is InChI=1S/C19H21FN4O4/c20-12-3-4-15(21-8-12)17-7-16(23-28-17)18(25)22-14-5-6-24(9-11-1-2-11)10-13(14)19(26)27/h3-4,7-8,11,13-14H,1-2,5-6,9-10H2,(H,22,25)(H,26,27). The summed E-state index contributed by atoms with van der Waals surface area (Å²) in [6.07, 6.45) is 4.04. The molecular weight excluding hydrogens is 367 g/mol. The highest BCUT2D eigenvalue weighted by atomic mass is 19.1. The lowest BCUT2D eigenvalue weighted by Crippen LogP contribution is -2.53. The largest absolute Gasteiger partial charge is 0.481 e. The van der Waals surface area contributed by atoms with E-state index < -0.39 is 29.7 Å². The first kappa shape index (κ1) is 18.5. The Morgan fingerprint density at radius 1 is 1.32 bits per heavy atom. The van der Waals surface area contributed by atoms with Crippen LogP contribution in [0.5, 0.6) is 0 Å². The van der Waals surface area contributed by atoms with E-state index in [0.29, 0.717) is 24.6 Å². The number of nitrogens with zero attached hydrogens (tertiary/aromatic N) is 3. The number of rotatable bonds is 6. The molecule has 2 aromatic rings. The second kappa shape index (κ2) is 7.67. The minimum absolute atomic E-state index is 0.0330. The van der Waals surface area contributed by atoms with Crippen LogP contribution < -0.4 is 5.32 Å². The van der Waals surface area contributed by atoms with Crippen LogP contribution in [-0.4, -0.2) is 57.7 Å². The summed E-state index contributed by atoms with van der Waals surface area (Å²) < 4.78 is 18.1. The van der Waals surface area contributed by atoms with E-state index in [1.54, 1.807) is 0 Å². The topological polar surface area (TPSA) is 109 Å². The number of pyridine rings is 1. The molecule has 1 aliphatic carbocycles. The van der Waals surface area contributed by atoms with Gasteiger partial charge in [-0.15, -0.1) is 0 Å². The van der Waals surface area contributed by atoms with Gasteiger partial charge in [-0.2, -0.15) is 0 Å². The number of likely N-dealkylation sites (tertiary alicyclic amines) is 1. The van der Waals surface area contributed by atoms with Gasteiger partial charge in [0.25, 0.3) is 5.91 Å². The van der Waals surface area contributed by atoms with Crippen molar-refractivity contribution in [1.29, 1.82) is 0 Å². The maximum absolute atomic E-state index is 13.0. The molecule has 2 fully saturated rings. The number of aromatic nitrogens is 2. The molecule has 1 amide bonds. The Bertz CT molecular complexity index is 865. The molecule has 0 bridgehead atoms. The summed E-state index contributed by atoms with van der Waals surface area (Å²) in [5.74, 6) is -1.63. The van der Waals surface area contributed by atoms with Crippen molar-refractivity contribution in [2.75, 3.05) is 19.6 Å². The SMILES string of the molecule is O=C(NC1CCN(CC2CC2)CC1C(=O)O)c1cc(-c2ccc(F)cn2)on1. The highest BCUT2D eigenvalue weighted by Gasteiger charge is 2.37. The second-order valence-electron chi connectivity index (χ2n) is 7.45. The van der Waals surface area contributed by atoms with E-state index in [2.05, 4.69) is 20.4 Å². The second-order valence-corrected chi connectivity index (χ2v) is 7.45. The highest BCUT2D eigenvalue weighted by molar-refractivity contribution is 5.93. The van der Waals surface area contributed by atoms with Crippen LogP contribution in [0.4, 0.5) is 4.39 Å². The molecule has 28 heavy (non-hydrogen) atoms. The molecule has 148 valence electrons. The molecule has 2 aromatic heterocycles. The van der Waals surface area contributed by atoms with Crippen molar-refractivity contribution in [3.8, 4) is 11.5 Å². The van der Waals surface area contributed by atoms with Gasteiger partial charge in [0.05, 0.1) is 12.1 Å². The van der Waals surface area contributed by atoms with Crippen LogP contribution in [0.15, 0.2) is 28.9 Å². The van der Waals surface area contributed by atoms with E-state index in [4.69, 9.17) is 4.52 Å². The summed E-state index contributed by atoms with van der Waals surface area (Å²) in [7, 11) is 0. The Hall–Kier alpha value is -2.81. The zero-order valence-corrected chi connectivity index (χ0v) is 15.2. The molecule has 2 aliphatic rings. The van der Waals surface area contributed by atoms with Gasteiger partial charge in [-0.3, -0.25) is 9.59 Å². The summed E-state index contributed by atoms with van der Waals surface area (Å²) in [6.45, 7) is 2.12. The van der Waals surface area contributed by atoms with Gasteiger partial charge in [-0.1, -0.05) is 5.16 Å². The van der Waals surface area contributed by atoms with Gasteiger partial charge in [-0.25, -0.2) is 9.37 Å². The Balaban J connectivity index is 1.41. The van der Waals surface area contributed by atoms with E-state index >= 15 is 0 Å². The number of carboxylic acids is 1. The number of piperidine rings is 1. The summed E-state index contributed by atoms with van der Waals surface area (Å²) in [4.78, 5) is 30.3. The molecule has 3 heterocycles. The molecule has 1 saturated carbocycles. The van der Waals surface area contributed by atoms with Crippen LogP contribution in [0.25, 0.3) is 11.5 Å². The van der Waals surface area contributed by atoms with E-state index in [1.807, 2.05) is 0 Å². The summed E-state index contributed by atoms with van der Waals surface area (Å²) in [5, 5.41) is 16.1. The van der Waals surface area contributed by atoms with Crippen LogP contribution in [0.2, 0.25) is 0 Å². The lowest BCUT2D eigenvalue weighted by atomic mass is 9.91. The van der Waals surface area contributed by atoms with E-state index in [0.717, 1.165) is 19.3 Å². The van der Waals surface area contributed by atoms with Crippen LogP contribution in [-0.2, 0) is 4.79 Å². The number of carbonyl (C=O) groups excluding carboxylic acids is 1. The molecule has 0 radical (unpaired) electrons. The maximum atomic E-state index is 13.0. The van der Waals surface area contributed by atoms with Crippen LogP contribution in [0.1, 0.15) is 29.8 Å². The van der Waals surface area contributed by atoms with Gasteiger partial charge in [0, 0.05) is 31.7 Å². The number of amides is 1. The molecular formula is C19H21FN4O4. The first-order valence-corrected chi connectivity index (χ1v) is 9.34. The van der Waals surface area contributed by atoms with Crippen LogP contribution >= 0.6 is 0 Å². The number of hydrogen-bond donors (Lipinski definition) is 2. The maximum Gasteiger partial charge on any atom is 0.309 e. The van der Waals surface area contributed by atoms with Crippen molar-refractivity contribution in [2.45, 2.75) is 25.3 Å². The van der Waals surface area contributed by atoms with Gasteiger partial charge in [0.2, 0.25) is 0 Å². The number of nitrogens with one attached hydrogen (secondary N) is 1. The minimum Gasteiger partial charge on any atom is -0.481 e. The first-order chi connectivity index (χ1) is 13.5. The fraction of sp³-hybridized carbons (Fsp3) is 0.474. The van der Waals surface area contributed by atoms with E-state index in [1.165, 1.54) is 31.0 Å². The molecule has 1 aliphatic heterocycles. The van der Waals surface area contributed by atoms with Crippen LogP contribution in [0, 0.1) is 17.7 Å². The number of hydrogen-bond acceptors (Lipinski definition) is 6. The normalized spacial score (nSPS) is 22.8. The first-order valence-electron chi connectivity index (χ1n) is 9.34. The Kier molecular flexibility index (Phi) is 5.08. The highest BCUT2D eigenvalue weighted by Crippen LogP contribution is 2.31. The Morgan fingerprint density at radius 3 is 2.82 bits per heavy atom. The number of halogens is 1. The predicted molar refractivity (Wildman–Crippen MR) is 95.9 cm³/mol. The van der Waals surface area contributed by atoms with E-state index in [-0.39, 0.29) is 11.5 Å². The van der Waals surface area contributed by atoms with E-state index in [9.17, 15) is 19.1 Å². The molecule has 1 saturated heterocycles. The molecule has 9 heteroatoms. The van der Waals surface area contributed by atoms with Gasteiger partial charge in [0.15, 0.2) is 11.5 Å². The summed E-state index contributed by atoms with van der Waals surface area (Å²) in [5.41, 5.74) is 0.385. The molecule has 0 aromatic carbocycles. The van der Waals surface area contributed by atoms with Crippen molar-refractivity contribution in [3.63, 3.8) is 0 Å². The smallest absolute Gasteiger partial charge is 0.309 e. The third-order valence-corrected chi connectivity index (χ3v) is 5.27. The van der Waals surface area contributed by atoms with Crippen molar-refractivity contribution in [3.05, 3.63) is 35.9 Å². The third-order valence-electron chi connectivity index (χ3n) is 5.27. The van der Waals surface area contributed by atoms with Crippen molar-refractivity contribution in [1.82, 2.24) is 20.4 Å². The molecule has 0 spiro atoms. The van der Waals surface area contributed by atoms with Crippen molar-refractivity contribution >= 4 is 11.9 Å². The van der Waals surface area contributed by atoms with Crippen molar-refractivity contribution in [2.24, 2.45) is 11.8 Å². The Morgan fingerprint density at radius 2 is 2.14 bits per heavy atom. The van der Waals surface area contributed by atoms with Crippen LogP contribution in [0.3, 0.4) is 0 Å². The molecule has 4 rings (SSSR count). The lowest BCUT2D eigenvalue weighted by Gasteiger charge is -2.36. The van der Waals surface area contributed by atoms with Crippen molar-refractivity contribution < 1.29 is 23.6 Å². The average molecular weight is 388 g/mol. The lowest BCUT2D eigenvalue weighted by molar-refractivity contribution is -0.144. The molecule has 2 N–H and O–H groups in total. The molecule has 2 atom stereocenters. The quantitative estimate of drug-likeness (QED) is 0.777. The average Bonchev–Trinajstić information content (AvgIpc) is 3.35. The molecule has 2 unspecified atom stereocenters. The fourth-order valence-corrected chi connectivity index (χ4v) is 3.54. The number of carbonyl (C=O) groups is 2. The van der Waals surface area contributed by atoms with Gasteiger partial charge >= 0.3 is 5.97 Å². The third kappa shape index (κ3) is 4.19. The van der Waals surface area contributed by atoms with Gasteiger partial charge in [-0.05, 0) is 37.3 Å². The number of aliphatic carboxylic acids is 1. The zero-order valence-electron chi connectivity index (χ0n) is 15.2. The van der Waals surface area contributed by atoms with Gasteiger partial charge < -0.3 is 19.8 Å². The monoisotopic (exact) mass is 388 g/mol.